The van der Waals surface area contributed by atoms with Gasteiger partial charge in [0, 0.05) is 0 Å². The zero-order valence-electron chi connectivity index (χ0n) is 22.3. The molecular formula is C18H12Cl2F14O16. The first-order valence-electron chi connectivity index (χ1n) is 10.4. The van der Waals surface area contributed by atoms with Crippen LogP contribution in [-0.4, -0.2) is 124 Å². The fourth-order valence-corrected chi connectivity index (χ4v) is 2.06. The molecule has 0 heterocycles. The molecule has 0 saturated carbocycles. The molecule has 50 heavy (non-hydrogen) atoms. The maximum atomic E-state index is 12.0. The highest BCUT2D eigenvalue weighted by Crippen LogP contribution is 2.50. The molecule has 0 bridgehead atoms. The average molecular weight is 821 g/mol. The first-order chi connectivity index (χ1) is 21.5. The van der Waals surface area contributed by atoms with Crippen LogP contribution in [0.5, 0.6) is 0 Å². The first-order valence-corrected chi connectivity index (χ1v) is 11.1. The Labute approximate surface area is 271 Å². The molecule has 0 aliphatic rings. The van der Waals surface area contributed by atoms with Gasteiger partial charge in [-0.2, -0.15) is 61.5 Å². The Morgan fingerprint density at radius 2 is 0.600 bits per heavy atom. The molecule has 0 radical (unpaired) electrons. The number of rotatable bonds is 10. The number of carboxylic acid groups (broad SMARTS) is 8. The minimum atomic E-state index is -6.48. The Hall–Kier alpha value is -4.64. The van der Waals surface area contributed by atoms with Gasteiger partial charge in [-0.25, -0.2) is 19.2 Å². The molecule has 0 aliphatic heterocycles. The predicted molar refractivity (Wildman–Crippen MR) is 119 cm³/mol. The number of alkyl halides is 16. The summed E-state index contributed by atoms with van der Waals surface area (Å²) < 4.78 is 163. The van der Waals surface area contributed by atoms with Gasteiger partial charge in [-0.05, 0) is 0 Å². The minimum absolute atomic E-state index is 1.79. The summed E-state index contributed by atoms with van der Waals surface area (Å²) in [6.07, 6.45) is -28.8. The molecule has 0 atom stereocenters. The van der Waals surface area contributed by atoms with Crippen molar-refractivity contribution in [2.75, 3.05) is 0 Å². The molecule has 32 heteroatoms. The second-order valence-electron chi connectivity index (χ2n) is 8.00. The van der Waals surface area contributed by atoms with Crippen molar-refractivity contribution >= 4 is 71.0 Å². The van der Waals surface area contributed by atoms with Crippen LogP contribution in [0.4, 0.5) is 61.5 Å². The summed E-state index contributed by atoms with van der Waals surface area (Å²) in [6.45, 7) is 0. The highest BCUT2D eigenvalue weighted by Gasteiger charge is 2.81. The van der Waals surface area contributed by atoms with Crippen LogP contribution in [0.1, 0.15) is 12.8 Å². The molecule has 0 rings (SSSR count). The second-order valence-corrected chi connectivity index (χ2v) is 9.33. The lowest BCUT2D eigenvalue weighted by molar-refractivity contribution is -0.322. The van der Waals surface area contributed by atoms with Gasteiger partial charge in [0.15, 0.2) is 5.41 Å². The molecule has 0 unspecified atom stereocenters. The summed E-state index contributed by atoms with van der Waals surface area (Å²) in [7, 11) is 0. The monoisotopic (exact) mass is 820 g/mol. The van der Waals surface area contributed by atoms with Crippen LogP contribution < -0.4 is 0 Å². The molecule has 0 aromatic rings. The minimum Gasteiger partial charge on any atom is -0.480 e. The third-order valence-electron chi connectivity index (χ3n) is 4.39. The summed E-state index contributed by atoms with van der Waals surface area (Å²) >= 11 is 9.54. The molecule has 0 aromatic carbocycles. The molecular weight excluding hydrogens is 809 g/mol. The molecule has 0 saturated heterocycles. The Morgan fingerprint density at radius 1 is 0.380 bits per heavy atom. The van der Waals surface area contributed by atoms with E-state index in [0.29, 0.717) is 0 Å². The normalized spacial score (nSPS) is 12.6. The van der Waals surface area contributed by atoms with E-state index in [2.05, 4.69) is 0 Å². The van der Waals surface area contributed by atoms with E-state index < -0.39 is 106 Å². The van der Waals surface area contributed by atoms with Crippen molar-refractivity contribution in [2.45, 2.75) is 47.8 Å². The van der Waals surface area contributed by atoms with Crippen molar-refractivity contribution in [2.24, 2.45) is 10.8 Å². The van der Waals surface area contributed by atoms with Gasteiger partial charge in [0.05, 0.1) is 12.8 Å². The van der Waals surface area contributed by atoms with Crippen molar-refractivity contribution in [1.82, 2.24) is 0 Å². The van der Waals surface area contributed by atoms with Crippen molar-refractivity contribution in [3.8, 4) is 0 Å². The molecule has 0 amide bonds. The summed E-state index contributed by atoms with van der Waals surface area (Å²) in [6, 6.07) is 0. The first kappa shape index (κ1) is 52.2. The van der Waals surface area contributed by atoms with Crippen LogP contribution >= 0.6 is 23.2 Å². The number of halogens is 16. The zero-order valence-corrected chi connectivity index (χ0v) is 23.8. The Bertz CT molecular complexity index is 1170. The van der Waals surface area contributed by atoms with Gasteiger partial charge in [-0.1, -0.05) is 23.2 Å². The van der Waals surface area contributed by atoms with Gasteiger partial charge in [0.25, 0.3) is 0 Å². The van der Waals surface area contributed by atoms with E-state index in [4.69, 9.17) is 64.1 Å². The standard InChI is InChI=1S/C7H6F6O4.C5H2F6O4.C3H2Cl2O4.C3H2F2O4/c8-6(9,10)1-5(3(14)15,4(16)17)2-7(11,12)13;6-4(7,8)3(1(12)13,2(14)15)5(9,10)11;2*4-3(5,1(6)7)2(8)9/h1-2H2,(H,14,15)(H,16,17);(H,12,13)(H,14,15);2*(H,6,7)(H,8,9). The Kier molecular flexibility index (Phi) is 18.1. The number of carboxylic acids is 8. The number of hydrogen-bond acceptors (Lipinski definition) is 8. The van der Waals surface area contributed by atoms with Crippen LogP contribution in [0.15, 0.2) is 0 Å². The summed E-state index contributed by atoms with van der Waals surface area (Å²) in [5, 5.41) is 63.3. The largest absolute Gasteiger partial charge is 0.480 e. The van der Waals surface area contributed by atoms with Gasteiger partial charge < -0.3 is 40.9 Å². The topological polar surface area (TPSA) is 298 Å². The SMILES string of the molecule is O=C(O)C(C(=O)O)(C(F)(F)F)C(F)(F)F.O=C(O)C(CC(F)(F)F)(CC(F)(F)F)C(=O)O.O=C(O)C(Cl)(Cl)C(=O)O.O=C(O)C(F)(F)C(=O)O. The molecule has 292 valence electrons. The van der Waals surface area contributed by atoms with Crippen LogP contribution in [0.25, 0.3) is 0 Å². The summed E-state index contributed by atoms with van der Waals surface area (Å²) in [5.41, 5.74) is -9.74. The van der Waals surface area contributed by atoms with E-state index in [1.54, 1.807) is 0 Å². The van der Waals surface area contributed by atoms with E-state index in [-0.39, 0.29) is 0 Å². The van der Waals surface area contributed by atoms with Gasteiger partial charge in [-0.15, -0.1) is 0 Å². The van der Waals surface area contributed by atoms with Crippen LogP contribution in [-0.2, 0) is 38.4 Å². The number of hydrogen-bond donors (Lipinski definition) is 8. The molecule has 8 N–H and O–H groups in total. The van der Waals surface area contributed by atoms with Crippen molar-refractivity contribution in [3.63, 3.8) is 0 Å². The molecule has 0 fully saturated rings. The lowest BCUT2D eigenvalue weighted by Gasteiger charge is -2.28. The quantitative estimate of drug-likeness (QED) is 0.0889. The summed E-state index contributed by atoms with van der Waals surface area (Å²) in [4.78, 5) is 79.0. The van der Waals surface area contributed by atoms with Gasteiger partial charge >= 0.3 is 88.1 Å². The molecule has 0 spiro atoms. The molecule has 16 nitrogen and oxygen atoms in total. The third-order valence-corrected chi connectivity index (χ3v) is 5.04. The average Bonchev–Trinajstić information content (AvgIpc) is 2.80. The molecule has 0 aromatic heterocycles. The van der Waals surface area contributed by atoms with Crippen LogP contribution in [0.3, 0.4) is 0 Å². The lowest BCUT2D eigenvalue weighted by atomic mass is 9.80. The second kappa shape index (κ2) is 17.3. The van der Waals surface area contributed by atoms with Crippen molar-refractivity contribution in [1.29, 1.82) is 0 Å². The Balaban J connectivity index is -0.000000293. The van der Waals surface area contributed by atoms with Crippen molar-refractivity contribution in [3.05, 3.63) is 0 Å². The third kappa shape index (κ3) is 14.5. The fourth-order valence-electron chi connectivity index (χ4n) is 2.06. The number of carbonyl (C=O) groups is 8. The molecule has 0 aliphatic carbocycles. The maximum absolute atomic E-state index is 12.0. The van der Waals surface area contributed by atoms with Crippen LogP contribution in [0.2, 0.25) is 0 Å². The van der Waals surface area contributed by atoms with Gasteiger partial charge in [0.2, 0.25) is 0 Å². The van der Waals surface area contributed by atoms with E-state index in [1.165, 1.54) is 0 Å². The van der Waals surface area contributed by atoms with E-state index in [1.807, 2.05) is 0 Å². The summed E-state index contributed by atoms with van der Waals surface area (Å²) in [5.74, 6) is -26.0. The van der Waals surface area contributed by atoms with Crippen molar-refractivity contribution < 1.29 is 141 Å². The van der Waals surface area contributed by atoms with E-state index in [0.717, 1.165) is 0 Å². The number of aliphatic carboxylic acids is 8. The highest BCUT2D eigenvalue weighted by molar-refractivity contribution is 6.66. The van der Waals surface area contributed by atoms with Gasteiger partial charge in [0.1, 0.15) is 0 Å². The predicted octanol–water partition coefficient (Wildman–Crippen LogP) is 3.43. The fraction of sp³-hybridized carbons (Fsp3) is 0.556. The highest BCUT2D eigenvalue weighted by atomic mass is 35.5. The lowest BCUT2D eigenvalue weighted by Crippen LogP contribution is -2.60. The van der Waals surface area contributed by atoms with Gasteiger partial charge in [-0.3, -0.25) is 19.2 Å². The maximum Gasteiger partial charge on any atom is 0.436 e. The van der Waals surface area contributed by atoms with E-state index >= 15 is 0 Å². The Morgan fingerprint density at radius 3 is 0.640 bits per heavy atom. The van der Waals surface area contributed by atoms with Crippen LogP contribution in [0, 0.1) is 10.8 Å². The zero-order chi connectivity index (χ0) is 42.0. The van der Waals surface area contributed by atoms with E-state index in [9.17, 15) is 99.8 Å². The smallest absolute Gasteiger partial charge is 0.436 e.